The second-order valence-electron chi connectivity index (χ2n) is 9.26. The van der Waals surface area contributed by atoms with E-state index < -0.39 is 45.9 Å². The molecule has 9 nitrogen and oxygen atoms in total. The molecule has 2 aromatic rings. The number of β-lactam (4-membered cyclic amide) rings is 1. The molecule has 1 fully saturated rings. The molecule has 34 heavy (non-hydrogen) atoms. The van der Waals surface area contributed by atoms with Gasteiger partial charge in [0.15, 0.2) is 11.7 Å². The van der Waals surface area contributed by atoms with Crippen LogP contribution in [0.1, 0.15) is 38.8 Å². The maximum Gasteiger partial charge on any atom is 0.304 e. The van der Waals surface area contributed by atoms with E-state index in [-0.39, 0.29) is 16.7 Å². The van der Waals surface area contributed by atoms with Gasteiger partial charge in [-0.3, -0.25) is 14.4 Å². The molecule has 0 radical (unpaired) electrons. The van der Waals surface area contributed by atoms with Crippen LogP contribution in [0.5, 0.6) is 0 Å². The van der Waals surface area contributed by atoms with Gasteiger partial charge in [-0.1, -0.05) is 63.2 Å². The number of ketones is 1. The largest absolute Gasteiger partial charge is 0.439 e. The zero-order valence-corrected chi connectivity index (χ0v) is 20.3. The van der Waals surface area contributed by atoms with Crippen molar-refractivity contribution in [3.63, 3.8) is 0 Å². The summed E-state index contributed by atoms with van der Waals surface area (Å²) in [4.78, 5) is 37.1. The van der Waals surface area contributed by atoms with Crippen molar-refractivity contribution < 1.29 is 27.5 Å². The Morgan fingerprint density at radius 1 is 1.09 bits per heavy atom. The first kappa shape index (κ1) is 25.5. The number of ether oxygens (including phenoxy) is 1. The molecule has 3 atom stereocenters. The first-order valence-electron chi connectivity index (χ1n) is 10.8. The molecule has 0 aliphatic carbocycles. The van der Waals surface area contributed by atoms with Gasteiger partial charge in [0.2, 0.25) is 16.3 Å². The van der Waals surface area contributed by atoms with Crippen molar-refractivity contribution in [3.05, 3.63) is 65.7 Å². The van der Waals surface area contributed by atoms with E-state index in [1.165, 1.54) is 12.1 Å². The molecule has 1 aliphatic rings. The molecule has 1 aliphatic heterocycles. The SMILES string of the molecule is CC(=O)O[C@H]1[C@@H](C(=O)[C@H](Cc2ccccc2)NS(=O)(=O)c2ccc(C(C)(C)C)cc2)C(=O)N1N. The van der Waals surface area contributed by atoms with Crippen LogP contribution in [0.25, 0.3) is 0 Å². The van der Waals surface area contributed by atoms with Crippen LogP contribution in [0.3, 0.4) is 0 Å². The Morgan fingerprint density at radius 3 is 2.21 bits per heavy atom. The molecule has 0 spiro atoms. The van der Waals surface area contributed by atoms with Crippen molar-refractivity contribution in [3.8, 4) is 0 Å². The quantitative estimate of drug-likeness (QED) is 0.190. The van der Waals surface area contributed by atoms with Crippen LogP contribution in [-0.2, 0) is 41.0 Å². The van der Waals surface area contributed by atoms with E-state index in [1.807, 2.05) is 20.8 Å². The van der Waals surface area contributed by atoms with E-state index in [2.05, 4.69) is 4.72 Å². The van der Waals surface area contributed by atoms with Crippen molar-refractivity contribution in [2.45, 2.75) is 56.7 Å². The lowest BCUT2D eigenvalue weighted by Crippen LogP contribution is -2.69. The molecular weight excluding hydrogens is 458 g/mol. The fourth-order valence-corrected chi connectivity index (χ4v) is 4.90. The fraction of sp³-hybridized carbons (Fsp3) is 0.375. The summed E-state index contributed by atoms with van der Waals surface area (Å²) >= 11 is 0. The van der Waals surface area contributed by atoms with Gasteiger partial charge in [-0.15, -0.1) is 0 Å². The number of carbonyl (C=O) groups excluding carboxylic acids is 3. The second kappa shape index (κ2) is 9.65. The number of hydrogen-bond acceptors (Lipinski definition) is 7. The van der Waals surface area contributed by atoms with Gasteiger partial charge in [-0.05, 0) is 35.1 Å². The van der Waals surface area contributed by atoms with Crippen molar-refractivity contribution in [2.75, 3.05) is 0 Å². The van der Waals surface area contributed by atoms with Gasteiger partial charge in [0.25, 0.3) is 5.91 Å². The summed E-state index contributed by atoms with van der Waals surface area (Å²) in [5, 5.41) is 0.656. The van der Waals surface area contributed by atoms with Gasteiger partial charge in [0, 0.05) is 6.92 Å². The Balaban J connectivity index is 1.91. The zero-order valence-electron chi connectivity index (χ0n) is 19.5. The van der Waals surface area contributed by atoms with Crippen molar-refractivity contribution in [1.29, 1.82) is 0 Å². The highest BCUT2D eigenvalue weighted by molar-refractivity contribution is 7.89. The van der Waals surface area contributed by atoms with Crippen LogP contribution in [0, 0.1) is 5.92 Å². The van der Waals surface area contributed by atoms with Crippen LogP contribution in [-0.4, -0.2) is 43.4 Å². The van der Waals surface area contributed by atoms with Crippen LogP contribution < -0.4 is 10.6 Å². The average molecular weight is 488 g/mol. The predicted molar refractivity (Wildman–Crippen MR) is 124 cm³/mol. The molecule has 1 amide bonds. The molecule has 10 heteroatoms. The molecule has 3 rings (SSSR count). The van der Waals surface area contributed by atoms with Gasteiger partial charge >= 0.3 is 5.97 Å². The fourth-order valence-electron chi connectivity index (χ4n) is 3.70. The van der Waals surface area contributed by atoms with E-state index in [1.54, 1.807) is 42.5 Å². The number of sulfonamides is 1. The first-order chi connectivity index (χ1) is 15.8. The molecule has 3 N–H and O–H groups in total. The molecular formula is C24H29N3O6S. The van der Waals surface area contributed by atoms with Crippen molar-refractivity contribution in [1.82, 2.24) is 9.73 Å². The van der Waals surface area contributed by atoms with Crippen LogP contribution in [0.2, 0.25) is 0 Å². The molecule has 0 bridgehead atoms. The summed E-state index contributed by atoms with van der Waals surface area (Å²) in [6.07, 6.45) is -1.29. The van der Waals surface area contributed by atoms with E-state index in [9.17, 15) is 22.8 Å². The number of esters is 1. The van der Waals surface area contributed by atoms with Crippen molar-refractivity contribution >= 4 is 27.7 Å². The minimum absolute atomic E-state index is 0.000120. The molecule has 1 saturated heterocycles. The Bertz CT molecular complexity index is 1170. The third kappa shape index (κ3) is 5.52. The lowest BCUT2D eigenvalue weighted by molar-refractivity contribution is -0.198. The number of nitrogens with one attached hydrogen (secondary N) is 1. The number of nitrogens with two attached hydrogens (primary N) is 1. The van der Waals surface area contributed by atoms with Gasteiger partial charge in [-0.2, -0.15) is 0 Å². The van der Waals surface area contributed by atoms with Crippen molar-refractivity contribution in [2.24, 2.45) is 11.8 Å². The van der Waals surface area contributed by atoms with Gasteiger partial charge < -0.3 is 4.74 Å². The number of rotatable bonds is 8. The number of hydrogen-bond donors (Lipinski definition) is 2. The van der Waals surface area contributed by atoms with Crippen LogP contribution in [0.4, 0.5) is 0 Å². The standard InChI is InChI=1S/C24H29N3O6S/c1-15(28)33-23-20(22(30)27(23)25)21(29)19(14-16-8-6-5-7-9-16)26-34(31,32)18-12-10-17(11-13-18)24(2,3)4/h5-13,19-20,23,26H,14,25H2,1-4H3/t19-,20-,23-/m0/s1. The highest BCUT2D eigenvalue weighted by Crippen LogP contribution is 2.28. The second-order valence-corrected chi connectivity index (χ2v) is 11.0. The average Bonchev–Trinajstić information content (AvgIpc) is 2.77. The van der Waals surface area contributed by atoms with Crippen LogP contribution >= 0.6 is 0 Å². The Hall–Kier alpha value is -3.08. The monoisotopic (exact) mass is 487 g/mol. The normalized spacial score (nSPS) is 19.3. The molecule has 0 aromatic heterocycles. The number of amides is 1. The zero-order chi connectivity index (χ0) is 25.3. The Morgan fingerprint density at radius 2 is 1.68 bits per heavy atom. The third-order valence-corrected chi connectivity index (χ3v) is 7.11. The minimum atomic E-state index is -4.11. The summed E-state index contributed by atoms with van der Waals surface area (Å²) in [7, 11) is -4.11. The maximum atomic E-state index is 13.4. The summed E-state index contributed by atoms with van der Waals surface area (Å²) < 4.78 is 33.8. The van der Waals surface area contributed by atoms with E-state index in [4.69, 9.17) is 10.6 Å². The lowest BCUT2D eigenvalue weighted by Gasteiger charge is -2.42. The molecule has 0 saturated carbocycles. The predicted octanol–water partition coefficient (Wildman–Crippen LogP) is 1.66. The summed E-state index contributed by atoms with van der Waals surface area (Å²) in [5.74, 6) is 1.99. The molecule has 2 aromatic carbocycles. The van der Waals surface area contributed by atoms with Crippen LogP contribution in [0.15, 0.2) is 59.5 Å². The lowest BCUT2D eigenvalue weighted by atomic mass is 9.87. The molecule has 0 unspecified atom stereocenters. The summed E-state index contributed by atoms with van der Waals surface area (Å²) in [5.41, 5.74) is 1.48. The molecule has 182 valence electrons. The summed E-state index contributed by atoms with van der Waals surface area (Å²) in [6, 6.07) is 13.9. The maximum absolute atomic E-state index is 13.4. The highest BCUT2D eigenvalue weighted by Gasteiger charge is 2.54. The Labute approximate surface area is 199 Å². The number of carbonyl (C=O) groups is 3. The minimum Gasteiger partial charge on any atom is -0.439 e. The van der Waals surface area contributed by atoms with Gasteiger partial charge in [0.1, 0.15) is 0 Å². The first-order valence-corrected chi connectivity index (χ1v) is 12.2. The Kier molecular flexibility index (Phi) is 7.25. The number of nitrogens with zero attached hydrogens (tertiary/aromatic N) is 1. The number of benzene rings is 2. The molecule has 1 heterocycles. The van der Waals surface area contributed by atoms with Gasteiger partial charge in [0.05, 0.1) is 10.9 Å². The third-order valence-electron chi connectivity index (χ3n) is 5.63. The van der Waals surface area contributed by atoms with E-state index in [0.717, 1.165) is 12.5 Å². The van der Waals surface area contributed by atoms with E-state index in [0.29, 0.717) is 10.6 Å². The highest BCUT2D eigenvalue weighted by atomic mass is 32.2. The topological polar surface area (TPSA) is 136 Å². The number of hydrazine groups is 1. The smallest absolute Gasteiger partial charge is 0.304 e. The van der Waals surface area contributed by atoms with E-state index >= 15 is 0 Å². The van der Waals surface area contributed by atoms with Gasteiger partial charge in [-0.25, -0.2) is 24.0 Å². The number of Topliss-reactive ketones (excluding diaryl/α,β-unsaturated/α-hetero) is 1. The summed E-state index contributed by atoms with van der Waals surface area (Å²) in [6.45, 7) is 7.17.